The Kier molecular flexibility index (Phi) is 4.39. The second-order valence-electron chi connectivity index (χ2n) is 6.00. The van der Waals surface area contributed by atoms with Crippen molar-refractivity contribution in [2.75, 3.05) is 13.2 Å². The average molecular weight is 355 g/mol. The molecule has 3 nitrogen and oxygen atoms in total. The van der Waals surface area contributed by atoms with E-state index in [1.807, 2.05) is 30.3 Å². The normalized spacial score (nSPS) is 22.9. The number of nitrogens with zero attached hydrogens (tertiary/aromatic N) is 1. The summed E-state index contributed by atoms with van der Waals surface area (Å²) in [4.78, 5) is 15.1. The molecular formula is C19H17NO2S2. The van der Waals surface area contributed by atoms with Gasteiger partial charge in [-0.2, -0.15) is 0 Å². The van der Waals surface area contributed by atoms with E-state index in [2.05, 4.69) is 18.2 Å². The van der Waals surface area contributed by atoms with Crippen molar-refractivity contribution in [2.45, 2.75) is 18.9 Å². The molecule has 2 aromatic rings. The summed E-state index contributed by atoms with van der Waals surface area (Å²) in [5.74, 6) is -0.00608. The van der Waals surface area contributed by atoms with Crippen LogP contribution >= 0.6 is 24.0 Å². The molecule has 0 saturated carbocycles. The molecule has 1 amide bonds. The molecule has 0 bridgehead atoms. The van der Waals surface area contributed by atoms with E-state index in [0.29, 0.717) is 15.8 Å². The second-order valence-corrected chi connectivity index (χ2v) is 7.67. The molecule has 2 aliphatic heterocycles. The minimum absolute atomic E-state index is 0.00608. The molecule has 122 valence electrons. The Morgan fingerprint density at radius 3 is 2.92 bits per heavy atom. The van der Waals surface area contributed by atoms with Crippen LogP contribution in [-0.2, 0) is 9.53 Å². The Hall–Kier alpha value is -1.69. The fourth-order valence-electron chi connectivity index (χ4n) is 3.17. The number of benzene rings is 2. The molecule has 0 aromatic heterocycles. The molecule has 0 spiro atoms. The lowest BCUT2D eigenvalue weighted by Gasteiger charge is -2.18. The summed E-state index contributed by atoms with van der Waals surface area (Å²) >= 11 is 6.79. The van der Waals surface area contributed by atoms with E-state index in [4.69, 9.17) is 17.0 Å². The minimum Gasteiger partial charge on any atom is -0.376 e. The summed E-state index contributed by atoms with van der Waals surface area (Å²) in [7, 11) is 0. The highest BCUT2D eigenvalue weighted by molar-refractivity contribution is 8.26. The van der Waals surface area contributed by atoms with Gasteiger partial charge in [0.15, 0.2) is 0 Å². The number of thiocarbonyl (C=S) groups is 1. The third-order valence-corrected chi connectivity index (χ3v) is 5.77. The monoisotopic (exact) mass is 355 g/mol. The van der Waals surface area contributed by atoms with Gasteiger partial charge in [-0.15, -0.1) is 0 Å². The number of carbonyl (C=O) groups is 1. The molecule has 2 heterocycles. The van der Waals surface area contributed by atoms with Gasteiger partial charge in [-0.1, -0.05) is 66.4 Å². The first-order valence-electron chi connectivity index (χ1n) is 8.07. The molecule has 2 aliphatic rings. The van der Waals surface area contributed by atoms with Crippen molar-refractivity contribution in [1.29, 1.82) is 0 Å². The van der Waals surface area contributed by atoms with Crippen LogP contribution < -0.4 is 0 Å². The molecule has 2 aromatic carbocycles. The number of thioether (sulfide) groups is 1. The van der Waals surface area contributed by atoms with Crippen molar-refractivity contribution in [2.24, 2.45) is 0 Å². The summed E-state index contributed by atoms with van der Waals surface area (Å²) in [5.41, 5.74) is 1.05. The van der Waals surface area contributed by atoms with Crippen LogP contribution in [0.15, 0.2) is 47.4 Å². The molecule has 0 N–H and O–H groups in total. The molecule has 4 rings (SSSR count). The summed E-state index contributed by atoms with van der Waals surface area (Å²) in [6.45, 7) is 1.35. The number of fused-ring (bicyclic) bond motifs is 1. The van der Waals surface area contributed by atoms with Gasteiger partial charge in [-0.25, -0.2) is 0 Å². The Morgan fingerprint density at radius 1 is 1.25 bits per heavy atom. The van der Waals surface area contributed by atoms with Gasteiger partial charge in [-0.05, 0) is 35.3 Å². The number of ether oxygens (including phenoxy) is 1. The predicted octanol–water partition coefficient (Wildman–Crippen LogP) is 4.22. The minimum atomic E-state index is -0.00608. The van der Waals surface area contributed by atoms with Crippen LogP contribution in [0, 0.1) is 0 Å². The Labute approximate surface area is 150 Å². The first kappa shape index (κ1) is 15.8. The van der Waals surface area contributed by atoms with Crippen molar-refractivity contribution in [1.82, 2.24) is 4.90 Å². The maximum absolute atomic E-state index is 12.7. The zero-order valence-corrected chi connectivity index (χ0v) is 14.7. The standard InChI is InChI=1S/C19H17NO2S2/c21-18-17(24-19(23)20(18)12-15-8-4-10-22-15)11-14-7-3-6-13-5-1-2-9-16(13)14/h1-3,5-7,9,11,15H,4,8,10,12H2/b17-11-/t15-/m0/s1. The van der Waals surface area contributed by atoms with Gasteiger partial charge in [0.25, 0.3) is 5.91 Å². The van der Waals surface area contributed by atoms with Gasteiger partial charge in [-0.3, -0.25) is 9.69 Å². The number of hydrogen-bond donors (Lipinski definition) is 0. The van der Waals surface area contributed by atoms with E-state index >= 15 is 0 Å². The Bertz CT molecular complexity index is 835. The quantitative estimate of drug-likeness (QED) is 0.609. The Balaban J connectivity index is 1.62. The summed E-state index contributed by atoms with van der Waals surface area (Å²) in [6.07, 6.45) is 4.13. The van der Waals surface area contributed by atoms with Crippen LogP contribution in [0.3, 0.4) is 0 Å². The van der Waals surface area contributed by atoms with Crippen molar-refractivity contribution in [3.63, 3.8) is 0 Å². The zero-order valence-electron chi connectivity index (χ0n) is 13.1. The molecule has 5 heteroatoms. The lowest BCUT2D eigenvalue weighted by molar-refractivity contribution is -0.123. The first-order valence-corrected chi connectivity index (χ1v) is 9.29. The van der Waals surface area contributed by atoms with E-state index in [0.717, 1.165) is 30.4 Å². The molecule has 24 heavy (non-hydrogen) atoms. The van der Waals surface area contributed by atoms with Crippen molar-refractivity contribution in [3.8, 4) is 0 Å². The van der Waals surface area contributed by atoms with Crippen molar-refractivity contribution < 1.29 is 9.53 Å². The lowest BCUT2D eigenvalue weighted by atomic mass is 10.0. The van der Waals surface area contributed by atoms with E-state index < -0.39 is 0 Å². The number of carbonyl (C=O) groups excluding carboxylic acids is 1. The summed E-state index contributed by atoms with van der Waals surface area (Å²) < 4.78 is 6.27. The van der Waals surface area contributed by atoms with Crippen LogP contribution in [0.5, 0.6) is 0 Å². The highest BCUT2D eigenvalue weighted by atomic mass is 32.2. The predicted molar refractivity (Wildman–Crippen MR) is 103 cm³/mol. The number of rotatable bonds is 3. The van der Waals surface area contributed by atoms with Gasteiger partial charge in [0, 0.05) is 6.61 Å². The third kappa shape index (κ3) is 2.99. The number of amides is 1. The van der Waals surface area contributed by atoms with E-state index in [1.165, 1.54) is 17.1 Å². The highest BCUT2D eigenvalue weighted by Crippen LogP contribution is 2.34. The van der Waals surface area contributed by atoms with Crippen molar-refractivity contribution in [3.05, 3.63) is 52.9 Å². The zero-order chi connectivity index (χ0) is 16.5. The first-order chi connectivity index (χ1) is 11.7. The maximum Gasteiger partial charge on any atom is 0.266 e. The molecule has 0 unspecified atom stereocenters. The van der Waals surface area contributed by atoms with Gasteiger partial charge < -0.3 is 4.74 Å². The fourth-order valence-corrected chi connectivity index (χ4v) is 4.43. The third-order valence-electron chi connectivity index (χ3n) is 4.39. The smallest absolute Gasteiger partial charge is 0.266 e. The van der Waals surface area contributed by atoms with E-state index in [9.17, 15) is 4.79 Å². The van der Waals surface area contributed by atoms with Crippen LogP contribution in [0.2, 0.25) is 0 Å². The second kappa shape index (κ2) is 6.67. The van der Waals surface area contributed by atoms with Gasteiger partial charge in [0.1, 0.15) is 4.32 Å². The average Bonchev–Trinajstić information content (AvgIpc) is 3.20. The van der Waals surface area contributed by atoms with Crippen LogP contribution in [0.25, 0.3) is 16.8 Å². The van der Waals surface area contributed by atoms with Gasteiger partial charge >= 0.3 is 0 Å². The van der Waals surface area contributed by atoms with Crippen molar-refractivity contribution >= 4 is 51.1 Å². The molecule has 2 saturated heterocycles. The molecule has 2 fully saturated rings. The van der Waals surface area contributed by atoms with Gasteiger partial charge in [0.2, 0.25) is 0 Å². The summed E-state index contributed by atoms with van der Waals surface area (Å²) in [6, 6.07) is 14.3. The van der Waals surface area contributed by atoms with E-state index in [1.54, 1.807) is 4.90 Å². The maximum atomic E-state index is 12.7. The van der Waals surface area contributed by atoms with E-state index in [-0.39, 0.29) is 12.0 Å². The Morgan fingerprint density at radius 2 is 2.08 bits per heavy atom. The molecular weight excluding hydrogens is 338 g/mol. The van der Waals surface area contributed by atoms with Crippen LogP contribution in [-0.4, -0.2) is 34.4 Å². The largest absolute Gasteiger partial charge is 0.376 e. The molecule has 0 radical (unpaired) electrons. The van der Waals surface area contributed by atoms with Gasteiger partial charge in [0.05, 0.1) is 17.6 Å². The topological polar surface area (TPSA) is 29.5 Å². The van der Waals surface area contributed by atoms with Crippen LogP contribution in [0.4, 0.5) is 0 Å². The SMILES string of the molecule is O=C1/C(=C/c2cccc3ccccc23)SC(=S)N1C[C@@H]1CCCO1. The molecule has 0 aliphatic carbocycles. The molecule has 1 atom stereocenters. The number of hydrogen-bond acceptors (Lipinski definition) is 4. The van der Waals surface area contributed by atoms with Crippen LogP contribution in [0.1, 0.15) is 18.4 Å². The highest BCUT2D eigenvalue weighted by Gasteiger charge is 2.34. The summed E-state index contributed by atoms with van der Waals surface area (Å²) in [5, 5.41) is 2.31. The lowest BCUT2D eigenvalue weighted by Crippen LogP contribution is -2.35. The fraction of sp³-hybridized carbons (Fsp3) is 0.263.